The first-order valence-electron chi connectivity index (χ1n) is 26.5. The van der Waals surface area contributed by atoms with Gasteiger partial charge in [-0.15, -0.1) is 0 Å². The number of halogens is 6. The fourth-order valence-electron chi connectivity index (χ4n) is 7.52. The molecule has 7 rings (SSSR count). The van der Waals surface area contributed by atoms with Crippen molar-refractivity contribution in [1.29, 1.82) is 0 Å². The van der Waals surface area contributed by atoms with Crippen LogP contribution in [-0.2, 0) is 33.4 Å². The van der Waals surface area contributed by atoms with E-state index in [1.165, 1.54) is 31.4 Å². The number of carbonyl (C=O) groups is 8. The summed E-state index contributed by atoms with van der Waals surface area (Å²) >= 11 is 0. The molecule has 91 heavy (non-hydrogen) atoms. The van der Waals surface area contributed by atoms with Gasteiger partial charge in [-0.3, -0.25) is 4.79 Å². The number of hydrogen-bond acceptors (Lipinski definition) is 19. The summed E-state index contributed by atoms with van der Waals surface area (Å²) in [5, 5.41) is 29.1. The van der Waals surface area contributed by atoms with Crippen LogP contribution in [0.5, 0.6) is 0 Å². The average Bonchev–Trinajstić information content (AvgIpc) is 2.75. The molecule has 0 bridgehead atoms. The molecule has 0 aliphatic carbocycles. The number of anilines is 2. The van der Waals surface area contributed by atoms with Crippen LogP contribution in [0.3, 0.4) is 0 Å². The van der Waals surface area contributed by atoms with E-state index in [0.29, 0.717) is 69.8 Å². The van der Waals surface area contributed by atoms with Crippen LogP contribution < -0.4 is 142 Å². The van der Waals surface area contributed by atoms with Gasteiger partial charge in [-0.2, -0.15) is 0 Å². The number of methoxy groups -OCH3 is 2. The molecule has 3 amide bonds. The first-order chi connectivity index (χ1) is 40.5. The molecule has 490 valence electrons. The maximum absolute atomic E-state index is 13.4. The molecule has 0 saturated carbocycles. The van der Waals surface area contributed by atoms with Crippen LogP contribution >= 0.6 is 0 Å². The van der Waals surface area contributed by atoms with Crippen molar-refractivity contribution >= 4 is 60.0 Å². The Hall–Kier alpha value is -5.03. The van der Waals surface area contributed by atoms with Gasteiger partial charge in [-0.25, -0.2) is 59.9 Å². The SMILES string of the molecule is CC(C)(C)OC(=O)N1CCN(c2ccc(F)cc2C(=O)O)CC1.CC(C)(C)OC(=O)N1CCNCC1.COC(=O)c1cc(F)ccc1F.COC(=O)c1cc(F)ccc1N1CCN(C(=O)OC(C)(C)C)CC1.O=C(O)c1cc(F)ccc1F.O=CO[O-].[H-].[K+].[K+].[Li+].[OH-]. The van der Waals surface area contributed by atoms with E-state index in [1.807, 2.05) is 51.3 Å². The first kappa shape index (κ1) is 90.2. The molecule has 3 aliphatic heterocycles. The van der Waals surface area contributed by atoms with Crippen molar-refractivity contribution in [2.45, 2.75) is 79.1 Å². The number of hydrogen-bond donors (Lipinski definition) is 3. The number of amides is 3. The van der Waals surface area contributed by atoms with Gasteiger partial charge >= 0.3 is 164 Å². The van der Waals surface area contributed by atoms with Crippen LogP contribution in [-0.4, -0.2) is 189 Å². The van der Waals surface area contributed by atoms with E-state index in [1.54, 1.807) is 41.5 Å². The minimum atomic E-state index is -1.47. The van der Waals surface area contributed by atoms with Gasteiger partial charge in [0.1, 0.15) is 51.7 Å². The Balaban J connectivity index is -0.000000528. The molecule has 0 radical (unpaired) electrons. The van der Waals surface area contributed by atoms with Gasteiger partial charge in [0, 0.05) is 78.5 Å². The molecule has 0 aromatic heterocycles. The zero-order chi connectivity index (χ0) is 66.0. The Morgan fingerprint density at radius 3 is 1.07 bits per heavy atom. The number of aromatic carboxylic acids is 2. The molecular formula is C58H75F6K2LiN6O18. The van der Waals surface area contributed by atoms with Crippen molar-refractivity contribution in [3.05, 3.63) is 130 Å². The summed E-state index contributed by atoms with van der Waals surface area (Å²) < 4.78 is 102. The van der Waals surface area contributed by atoms with E-state index in [4.69, 9.17) is 34.1 Å². The molecule has 4 aromatic carbocycles. The molecule has 3 fully saturated rings. The maximum Gasteiger partial charge on any atom is 1.00 e. The summed E-state index contributed by atoms with van der Waals surface area (Å²) in [5.74, 6) is -8.34. The smallest absolute Gasteiger partial charge is 1.00 e. The topological polar surface area (TPSA) is 314 Å². The van der Waals surface area contributed by atoms with Crippen LogP contribution in [0.15, 0.2) is 72.8 Å². The van der Waals surface area contributed by atoms with Crippen LogP contribution in [0, 0.1) is 34.9 Å². The minimum Gasteiger partial charge on any atom is -1.00 e. The summed E-state index contributed by atoms with van der Waals surface area (Å²) in [5.41, 5.74) is -1.34. The normalized spacial score (nSPS) is 13.2. The van der Waals surface area contributed by atoms with Gasteiger partial charge in [-0.05, 0) is 135 Å². The molecule has 24 nitrogen and oxygen atoms in total. The van der Waals surface area contributed by atoms with Crippen molar-refractivity contribution in [2.75, 3.05) is 103 Å². The zero-order valence-electron chi connectivity index (χ0n) is 54.5. The van der Waals surface area contributed by atoms with E-state index in [-0.39, 0.29) is 170 Å². The molecule has 4 aromatic rings. The van der Waals surface area contributed by atoms with Gasteiger partial charge in [-0.1, -0.05) is 0 Å². The predicted molar refractivity (Wildman–Crippen MR) is 303 cm³/mol. The second-order valence-electron chi connectivity index (χ2n) is 21.5. The number of carboxylic acids is 2. The quantitative estimate of drug-likeness (QED) is 0.0375. The first-order valence-corrected chi connectivity index (χ1v) is 26.5. The summed E-state index contributed by atoms with van der Waals surface area (Å²) in [6, 6.07) is 12.6. The monoisotopic (exact) mass is 1340 g/mol. The summed E-state index contributed by atoms with van der Waals surface area (Å²) in [6.07, 6.45) is -0.932. The number of rotatable bonds is 7. The number of ether oxygens (including phenoxy) is 5. The number of carboxylic acid groups (broad SMARTS) is 2. The number of carbonyl (C=O) groups excluding carboxylic acids is 6. The molecule has 3 saturated heterocycles. The molecule has 0 atom stereocenters. The molecule has 3 heterocycles. The average molecular weight is 1340 g/mol. The Kier molecular flexibility index (Phi) is 43.4. The molecule has 0 spiro atoms. The third kappa shape index (κ3) is 34.1. The molecule has 33 heteroatoms. The van der Waals surface area contributed by atoms with Gasteiger partial charge in [0.05, 0.1) is 47.8 Å². The second-order valence-corrected chi connectivity index (χ2v) is 21.5. The van der Waals surface area contributed by atoms with Crippen LogP contribution in [0.1, 0.15) is 105 Å². The van der Waals surface area contributed by atoms with Crippen molar-refractivity contribution in [3.8, 4) is 0 Å². The number of piperazine rings is 3. The van der Waals surface area contributed by atoms with Crippen molar-refractivity contribution in [3.63, 3.8) is 0 Å². The fraction of sp³-hybridized carbons (Fsp3) is 0.448. The largest absolute Gasteiger partial charge is 1.00 e. The minimum absolute atomic E-state index is 0. The van der Waals surface area contributed by atoms with Gasteiger partial charge in [0.15, 0.2) is 0 Å². The van der Waals surface area contributed by atoms with Crippen molar-refractivity contribution in [2.24, 2.45) is 0 Å². The maximum atomic E-state index is 13.4. The van der Waals surface area contributed by atoms with Crippen molar-refractivity contribution in [1.82, 2.24) is 20.0 Å². The van der Waals surface area contributed by atoms with Gasteiger partial charge < -0.3 is 80.8 Å². The van der Waals surface area contributed by atoms with E-state index < -0.39 is 81.1 Å². The Bertz CT molecular complexity index is 2990. The number of benzene rings is 4. The van der Waals surface area contributed by atoms with E-state index in [0.717, 1.165) is 69.7 Å². The third-order valence-corrected chi connectivity index (χ3v) is 11.4. The van der Waals surface area contributed by atoms with E-state index in [9.17, 15) is 65.0 Å². The molecule has 4 N–H and O–H groups in total. The Labute approximate surface area is 622 Å². The van der Waals surface area contributed by atoms with Crippen LogP contribution in [0.4, 0.5) is 52.1 Å². The second kappa shape index (κ2) is 43.8. The van der Waals surface area contributed by atoms with E-state index >= 15 is 0 Å². The molecule has 3 aliphatic rings. The van der Waals surface area contributed by atoms with E-state index in [2.05, 4.69) is 14.9 Å². The Morgan fingerprint density at radius 2 is 0.758 bits per heavy atom. The summed E-state index contributed by atoms with van der Waals surface area (Å²) in [6.45, 7) is 23.3. The third-order valence-electron chi connectivity index (χ3n) is 11.4. The Morgan fingerprint density at radius 1 is 0.484 bits per heavy atom. The number of nitrogens with one attached hydrogen (secondary N) is 1. The standard InChI is InChI=1S/C17H23FN2O4.C16H21FN2O4.C9H18N2O2.C8H6F2O2.C7H4F2O2.CH2O3.2K.Li.H2O.H/c1-17(2,3)24-16(22)20-9-7-19(8-10-20)14-6-5-12(18)11-13(14)15(21)23-4;1-16(2,3)23-15(22)19-8-6-18(7-9-19)13-5-4-11(17)10-12(13)14(20)21;1-9(2,3)13-8(12)11-6-4-10-5-7-11;1-12-8(11)6-4-5(9)2-3-7(6)10;8-4-1-2-6(9)5(3-4)7(10)11;2-1-4-3;;;;;/h5-6,11H,7-10H2,1-4H3;4-5,10H,6-9H2,1-3H3,(H,20,21);10H,4-7H2,1-3H3;2-4H,1H3;1-3H,(H,10,11);1,3H;;;;1H2;/q;;;;;;3*+1;;-1/p-2. The predicted octanol–water partition coefficient (Wildman–Crippen LogP) is -1.13. The van der Waals surface area contributed by atoms with Gasteiger partial charge in [0.25, 0.3) is 6.47 Å². The summed E-state index contributed by atoms with van der Waals surface area (Å²) in [4.78, 5) is 99.6. The molecule has 0 unspecified atom stereocenters. The summed E-state index contributed by atoms with van der Waals surface area (Å²) in [7, 11) is 2.37. The van der Waals surface area contributed by atoms with Crippen molar-refractivity contribution < 1.29 is 237 Å². The zero-order valence-corrected chi connectivity index (χ0v) is 59.7. The molecular weight excluding hydrogens is 1270 g/mol. The van der Waals surface area contributed by atoms with Crippen LogP contribution in [0.25, 0.3) is 0 Å². The number of nitrogens with zero attached hydrogens (tertiary/aromatic N) is 5. The number of esters is 2. The van der Waals surface area contributed by atoms with Gasteiger partial charge in [0.2, 0.25) is 0 Å². The van der Waals surface area contributed by atoms with Crippen LogP contribution in [0.2, 0.25) is 0 Å². The fourth-order valence-corrected chi connectivity index (χ4v) is 7.52.